The van der Waals surface area contributed by atoms with Gasteiger partial charge in [0, 0.05) is 30.8 Å². The van der Waals surface area contributed by atoms with E-state index in [1.165, 1.54) is 51.5 Å². The summed E-state index contributed by atoms with van der Waals surface area (Å²) in [7, 11) is 0. The predicted octanol–water partition coefficient (Wildman–Crippen LogP) is 2.55. The van der Waals surface area contributed by atoms with E-state index < -0.39 is 0 Å². The molecule has 3 nitrogen and oxygen atoms in total. The first-order valence-corrected chi connectivity index (χ1v) is 8.44. The van der Waals surface area contributed by atoms with Gasteiger partial charge in [0.25, 0.3) is 0 Å². The van der Waals surface area contributed by atoms with Crippen LogP contribution in [-0.2, 0) is 4.74 Å². The van der Waals surface area contributed by atoms with Crippen molar-refractivity contribution >= 4 is 0 Å². The molecule has 2 unspecified atom stereocenters. The van der Waals surface area contributed by atoms with Crippen molar-refractivity contribution in [1.82, 2.24) is 10.2 Å². The van der Waals surface area contributed by atoms with Crippen molar-refractivity contribution in [2.24, 2.45) is 0 Å². The van der Waals surface area contributed by atoms with E-state index in [0.717, 1.165) is 30.8 Å². The third-order valence-corrected chi connectivity index (χ3v) is 5.37. The standard InChI is InChI=1S/C16H30N2O/c1-3-7-17-12-8-13-5-6-14(9-12)18(13)15-10-16(11-15)19-4-2/h12-17H,3-11H2,1-2H3. The average molecular weight is 266 g/mol. The minimum atomic E-state index is 0.560. The second-order valence-corrected chi connectivity index (χ2v) is 6.66. The number of nitrogens with zero attached hydrogens (tertiary/aromatic N) is 1. The molecule has 3 fully saturated rings. The number of fused-ring (bicyclic) bond motifs is 2. The Labute approximate surface area is 118 Å². The molecule has 19 heavy (non-hydrogen) atoms. The van der Waals surface area contributed by atoms with E-state index in [1.54, 1.807) is 0 Å². The van der Waals surface area contributed by atoms with Crippen LogP contribution in [0.2, 0.25) is 0 Å². The molecule has 0 aromatic rings. The van der Waals surface area contributed by atoms with Crippen LogP contribution in [0.5, 0.6) is 0 Å². The van der Waals surface area contributed by atoms with Gasteiger partial charge >= 0.3 is 0 Å². The lowest BCUT2D eigenvalue weighted by atomic mass is 9.84. The summed E-state index contributed by atoms with van der Waals surface area (Å²) >= 11 is 0. The fraction of sp³-hybridized carbons (Fsp3) is 1.00. The number of ether oxygens (including phenoxy) is 1. The van der Waals surface area contributed by atoms with Gasteiger partial charge in [0.2, 0.25) is 0 Å². The van der Waals surface area contributed by atoms with Crippen LogP contribution in [0, 0.1) is 0 Å². The third-order valence-electron chi connectivity index (χ3n) is 5.37. The van der Waals surface area contributed by atoms with E-state index in [2.05, 4.69) is 24.1 Å². The first kappa shape index (κ1) is 13.8. The summed E-state index contributed by atoms with van der Waals surface area (Å²) in [6.07, 6.45) is 10.0. The lowest BCUT2D eigenvalue weighted by Gasteiger charge is -2.49. The molecular weight excluding hydrogens is 236 g/mol. The van der Waals surface area contributed by atoms with E-state index in [4.69, 9.17) is 4.74 Å². The van der Waals surface area contributed by atoms with Gasteiger partial charge in [-0.15, -0.1) is 0 Å². The highest BCUT2D eigenvalue weighted by Crippen LogP contribution is 2.42. The minimum absolute atomic E-state index is 0.560. The minimum Gasteiger partial charge on any atom is -0.378 e. The van der Waals surface area contributed by atoms with Crippen molar-refractivity contribution in [2.45, 2.75) is 89.1 Å². The number of hydrogen-bond acceptors (Lipinski definition) is 3. The molecule has 2 bridgehead atoms. The molecule has 3 heteroatoms. The van der Waals surface area contributed by atoms with Crippen molar-refractivity contribution in [2.75, 3.05) is 13.2 Å². The van der Waals surface area contributed by atoms with Crippen molar-refractivity contribution in [3.05, 3.63) is 0 Å². The van der Waals surface area contributed by atoms with Crippen LogP contribution in [0.25, 0.3) is 0 Å². The Morgan fingerprint density at radius 2 is 1.68 bits per heavy atom. The maximum Gasteiger partial charge on any atom is 0.0604 e. The number of nitrogens with one attached hydrogen (secondary N) is 1. The van der Waals surface area contributed by atoms with Crippen LogP contribution >= 0.6 is 0 Å². The van der Waals surface area contributed by atoms with Gasteiger partial charge in [-0.05, 0) is 58.4 Å². The second-order valence-electron chi connectivity index (χ2n) is 6.66. The van der Waals surface area contributed by atoms with Crippen LogP contribution in [0.3, 0.4) is 0 Å². The number of hydrogen-bond donors (Lipinski definition) is 1. The molecule has 2 heterocycles. The molecule has 2 saturated heterocycles. The molecular formula is C16H30N2O. The molecule has 0 aromatic heterocycles. The highest BCUT2D eigenvalue weighted by atomic mass is 16.5. The Bertz CT molecular complexity index is 276. The lowest BCUT2D eigenvalue weighted by Crippen LogP contribution is -2.57. The molecule has 1 saturated carbocycles. The predicted molar refractivity (Wildman–Crippen MR) is 78.4 cm³/mol. The third kappa shape index (κ3) is 2.84. The zero-order chi connectivity index (χ0) is 13.2. The topological polar surface area (TPSA) is 24.5 Å². The van der Waals surface area contributed by atoms with Gasteiger partial charge in [-0.3, -0.25) is 4.90 Å². The molecule has 2 aliphatic heterocycles. The molecule has 3 rings (SSSR count). The Kier molecular flexibility index (Phi) is 4.45. The highest BCUT2D eigenvalue weighted by molar-refractivity contribution is 5.03. The normalized spacial score (nSPS) is 42.3. The summed E-state index contributed by atoms with van der Waals surface area (Å²) in [5, 5.41) is 3.75. The SMILES string of the molecule is CCCNC1CC2CCC(C1)N2C1CC(OCC)C1. The van der Waals surface area contributed by atoms with Crippen LogP contribution in [0.1, 0.15) is 58.8 Å². The molecule has 0 radical (unpaired) electrons. The van der Waals surface area contributed by atoms with E-state index >= 15 is 0 Å². The molecule has 1 N–H and O–H groups in total. The van der Waals surface area contributed by atoms with Gasteiger partial charge in [-0.1, -0.05) is 6.92 Å². The van der Waals surface area contributed by atoms with Crippen LogP contribution in [0.15, 0.2) is 0 Å². The first-order valence-electron chi connectivity index (χ1n) is 8.44. The van der Waals surface area contributed by atoms with E-state index in [9.17, 15) is 0 Å². The van der Waals surface area contributed by atoms with Crippen molar-refractivity contribution in [3.8, 4) is 0 Å². The Morgan fingerprint density at radius 1 is 1.00 bits per heavy atom. The molecule has 2 atom stereocenters. The van der Waals surface area contributed by atoms with Gasteiger partial charge in [0.15, 0.2) is 0 Å². The van der Waals surface area contributed by atoms with Crippen LogP contribution in [0.4, 0.5) is 0 Å². The summed E-state index contributed by atoms with van der Waals surface area (Å²) in [6.45, 7) is 6.45. The van der Waals surface area contributed by atoms with E-state index in [-0.39, 0.29) is 0 Å². The number of rotatable bonds is 6. The summed E-state index contributed by atoms with van der Waals surface area (Å²) in [4.78, 5) is 2.87. The fourth-order valence-electron chi connectivity index (χ4n) is 4.48. The largest absolute Gasteiger partial charge is 0.378 e. The quantitative estimate of drug-likeness (QED) is 0.799. The maximum absolute atomic E-state index is 5.72. The molecule has 0 amide bonds. The van der Waals surface area contributed by atoms with Gasteiger partial charge in [0.05, 0.1) is 6.10 Å². The van der Waals surface area contributed by atoms with Gasteiger partial charge < -0.3 is 10.1 Å². The molecule has 110 valence electrons. The molecule has 0 spiro atoms. The summed E-state index contributed by atoms with van der Waals surface area (Å²) in [5.74, 6) is 0. The van der Waals surface area contributed by atoms with Crippen molar-refractivity contribution in [3.63, 3.8) is 0 Å². The summed E-state index contributed by atoms with van der Waals surface area (Å²) in [6, 6.07) is 3.35. The van der Waals surface area contributed by atoms with Crippen molar-refractivity contribution < 1.29 is 4.74 Å². The van der Waals surface area contributed by atoms with Gasteiger partial charge in [-0.2, -0.15) is 0 Å². The second kappa shape index (κ2) is 6.11. The maximum atomic E-state index is 5.72. The zero-order valence-electron chi connectivity index (χ0n) is 12.6. The zero-order valence-corrected chi connectivity index (χ0v) is 12.6. The first-order chi connectivity index (χ1) is 9.31. The molecule has 3 aliphatic rings. The lowest BCUT2D eigenvalue weighted by molar-refractivity contribution is -0.0700. The average Bonchev–Trinajstić information content (AvgIpc) is 2.61. The Balaban J connectivity index is 1.50. The Hall–Kier alpha value is -0.120. The smallest absolute Gasteiger partial charge is 0.0604 e. The van der Waals surface area contributed by atoms with Gasteiger partial charge in [0.1, 0.15) is 0 Å². The monoisotopic (exact) mass is 266 g/mol. The highest BCUT2D eigenvalue weighted by Gasteiger charge is 2.47. The summed E-state index contributed by atoms with van der Waals surface area (Å²) < 4.78 is 5.72. The molecule has 0 aromatic carbocycles. The summed E-state index contributed by atoms with van der Waals surface area (Å²) in [5.41, 5.74) is 0. The van der Waals surface area contributed by atoms with E-state index in [0.29, 0.717) is 6.10 Å². The number of piperidine rings is 1. The fourth-order valence-corrected chi connectivity index (χ4v) is 4.48. The van der Waals surface area contributed by atoms with Crippen LogP contribution < -0.4 is 5.32 Å². The van der Waals surface area contributed by atoms with Crippen molar-refractivity contribution in [1.29, 1.82) is 0 Å². The van der Waals surface area contributed by atoms with Crippen LogP contribution in [-0.4, -0.2) is 48.3 Å². The molecule has 1 aliphatic carbocycles. The van der Waals surface area contributed by atoms with Gasteiger partial charge in [-0.25, -0.2) is 0 Å². The van der Waals surface area contributed by atoms with E-state index in [1.807, 2.05) is 0 Å². The Morgan fingerprint density at radius 3 is 2.26 bits per heavy atom.